The zero-order valence-electron chi connectivity index (χ0n) is 21.9. The molecular formula is C26H36BrN3O5SSi. The molecule has 1 fully saturated rings. The maximum atomic E-state index is 12.8. The minimum Gasteiger partial charge on any atom is -0.473 e. The largest absolute Gasteiger partial charge is 0.473 e. The quantitative estimate of drug-likeness (QED) is 0.238. The van der Waals surface area contributed by atoms with Gasteiger partial charge in [-0.15, -0.1) is 0 Å². The van der Waals surface area contributed by atoms with Crippen molar-refractivity contribution in [2.45, 2.75) is 56.8 Å². The third kappa shape index (κ3) is 7.64. The first-order valence-electron chi connectivity index (χ1n) is 12.6. The second kappa shape index (κ2) is 12.0. The fraction of sp³-hybridized carbons (Fsp3) is 0.500. The van der Waals surface area contributed by atoms with Gasteiger partial charge < -0.3 is 18.8 Å². The minimum atomic E-state index is -3.63. The number of nitrogens with one attached hydrogen (secondary N) is 1. The molecule has 1 aliphatic heterocycles. The molecule has 2 atom stereocenters. The topological polar surface area (TPSA) is 91.7 Å². The van der Waals surface area contributed by atoms with Crippen LogP contribution in [0.2, 0.25) is 25.7 Å². The summed E-state index contributed by atoms with van der Waals surface area (Å²) in [5.74, 6) is 0.322. The lowest BCUT2D eigenvalue weighted by Crippen LogP contribution is -2.43. The molecule has 0 amide bonds. The normalized spacial score (nSPS) is 18.8. The molecular weight excluding hydrogens is 574 g/mol. The third-order valence-electron chi connectivity index (χ3n) is 6.42. The van der Waals surface area contributed by atoms with Gasteiger partial charge in [-0.2, -0.15) is 4.98 Å². The molecule has 8 nitrogen and oxygen atoms in total. The summed E-state index contributed by atoms with van der Waals surface area (Å²) < 4.78 is 49.0. The Morgan fingerprint density at radius 1 is 1.22 bits per heavy atom. The van der Waals surface area contributed by atoms with Crippen molar-refractivity contribution in [3.05, 3.63) is 52.6 Å². The molecule has 11 heteroatoms. The molecule has 2 unspecified atom stereocenters. The van der Waals surface area contributed by atoms with Crippen molar-refractivity contribution in [2.75, 3.05) is 26.4 Å². The van der Waals surface area contributed by atoms with Crippen LogP contribution in [0.3, 0.4) is 0 Å². The molecule has 1 aliphatic rings. The standard InChI is InChI=1S/C26H36BrN3O5SSi/c1-19-5-7-22(8-6-19)36(31,32)28-16-21-17-33-12-10-24(21)35-26-23(27)15-20-9-11-30(25(20)29-26)18-34-13-14-37(2,3)4/h5-9,11,15,21,24,28H,10,12-14,16-18H2,1-4H3. The molecule has 1 N–H and O–H groups in total. The van der Waals surface area contributed by atoms with Crippen molar-refractivity contribution in [2.24, 2.45) is 5.92 Å². The van der Waals surface area contributed by atoms with Crippen molar-refractivity contribution in [3.63, 3.8) is 0 Å². The van der Waals surface area contributed by atoms with E-state index in [0.717, 1.165) is 33.7 Å². The summed E-state index contributed by atoms with van der Waals surface area (Å²) in [4.78, 5) is 5.04. The van der Waals surface area contributed by atoms with Gasteiger partial charge in [0.05, 0.1) is 22.6 Å². The lowest BCUT2D eigenvalue weighted by Gasteiger charge is -2.31. The van der Waals surface area contributed by atoms with Gasteiger partial charge in [0.1, 0.15) is 18.5 Å². The van der Waals surface area contributed by atoms with Crippen LogP contribution in [0.15, 0.2) is 52.0 Å². The van der Waals surface area contributed by atoms with Crippen molar-refractivity contribution in [1.29, 1.82) is 0 Å². The minimum absolute atomic E-state index is 0.157. The molecule has 3 aromatic rings. The zero-order valence-corrected chi connectivity index (χ0v) is 25.3. The van der Waals surface area contributed by atoms with Gasteiger partial charge in [-0.05, 0) is 53.2 Å². The zero-order chi connectivity index (χ0) is 26.6. The fourth-order valence-corrected chi connectivity index (χ4v) is 6.36. The molecule has 0 saturated carbocycles. The van der Waals surface area contributed by atoms with Crippen LogP contribution in [0.4, 0.5) is 0 Å². The number of aromatic nitrogens is 2. The van der Waals surface area contributed by atoms with Gasteiger partial charge in [-0.3, -0.25) is 0 Å². The van der Waals surface area contributed by atoms with Crippen LogP contribution >= 0.6 is 15.9 Å². The van der Waals surface area contributed by atoms with Crippen LogP contribution < -0.4 is 9.46 Å². The fourth-order valence-electron chi connectivity index (χ4n) is 4.08. The second-order valence-electron chi connectivity index (χ2n) is 10.8. The molecule has 202 valence electrons. The van der Waals surface area contributed by atoms with Gasteiger partial charge in [0.15, 0.2) is 0 Å². The number of sulfonamides is 1. The molecule has 3 heterocycles. The van der Waals surface area contributed by atoms with E-state index >= 15 is 0 Å². The van der Waals surface area contributed by atoms with Crippen LogP contribution in [-0.4, -0.2) is 58.5 Å². The molecule has 4 rings (SSSR count). The molecule has 0 aliphatic carbocycles. The molecule has 0 spiro atoms. The van der Waals surface area contributed by atoms with Gasteiger partial charge in [0, 0.05) is 45.1 Å². The van der Waals surface area contributed by atoms with Crippen LogP contribution in [-0.2, 0) is 26.2 Å². The van der Waals surface area contributed by atoms with Gasteiger partial charge in [-0.25, -0.2) is 13.1 Å². The highest BCUT2D eigenvalue weighted by molar-refractivity contribution is 9.10. The highest BCUT2D eigenvalue weighted by Gasteiger charge is 2.30. The highest BCUT2D eigenvalue weighted by atomic mass is 79.9. The maximum absolute atomic E-state index is 12.8. The lowest BCUT2D eigenvalue weighted by atomic mass is 9.99. The Morgan fingerprint density at radius 3 is 2.70 bits per heavy atom. The molecule has 1 saturated heterocycles. The van der Waals surface area contributed by atoms with Crippen molar-refractivity contribution in [1.82, 2.24) is 14.3 Å². The smallest absolute Gasteiger partial charge is 0.240 e. The van der Waals surface area contributed by atoms with Crippen LogP contribution in [0, 0.1) is 12.8 Å². The number of ether oxygens (including phenoxy) is 3. The van der Waals surface area contributed by atoms with E-state index in [1.807, 2.05) is 29.8 Å². The number of hydrogen-bond donors (Lipinski definition) is 1. The molecule has 2 aromatic heterocycles. The van der Waals surface area contributed by atoms with Gasteiger partial charge in [0.25, 0.3) is 0 Å². The number of benzene rings is 1. The van der Waals surface area contributed by atoms with E-state index in [0.29, 0.717) is 32.2 Å². The van der Waals surface area contributed by atoms with E-state index in [4.69, 9.17) is 19.2 Å². The first kappa shape index (κ1) is 28.3. The summed E-state index contributed by atoms with van der Waals surface area (Å²) in [7, 11) is -4.78. The molecule has 37 heavy (non-hydrogen) atoms. The van der Waals surface area contributed by atoms with Crippen molar-refractivity contribution < 1.29 is 22.6 Å². The predicted molar refractivity (Wildman–Crippen MR) is 151 cm³/mol. The number of halogens is 1. The van der Waals surface area contributed by atoms with E-state index < -0.39 is 18.1 Å². The molecule has 0 bridgehead atoms. The first-order chi connectivity index (χ1) is 17.5. The average Bonchev–Trinajstić information content (AvgIpc) is 3.22. The second-order valence-corrected chi connectivity index (χ2v) is 19.0. The maximum Gasteiger partial charge on any atom is 0.240 e. The number of nitrogens with zero attached hydrogens (tertiary/aromatic N) is 2. The number of pyridine rings is 1. The highest BCUT2D eigenvalue weighted by Crippen LogP contribution is 2.31. The summed E-state index contributed by atoms with van der Waals surface area (Å²) in [6, 6.07) is 11.9. The Morgan fingerprint density at radius 2 is 1.97 bits per heavy atom. The monoisotopic (exact) mass is 609 g/mol. The average molecular weight is 611 g/mol. The molecule has 1 aromatic carbocycles. The van der Waals surface area contributed by atoms with E-state index in [1.165, 1.54) is 0 Å². The Hall–Kier alpha value is -1.76. The molecule has 0 radical (unpaired) electrons. The SMILES string of the molecule is Cc1ccc(S(=O)(=O)NCC2COCCC2Oc2nc3c(ccn3COCC[Si](C)(C)C)cc2Br)cc1. The lowest BCUT2D eigenvalue weighted by molar-refractivity contribution is -0.0229. The summed E-state index contributed by atoms with van der Waals surface area (Å²) in [5, 5.41) is 0.988. The summed E-state index contributed by atoms with van der Waals surface area (Å²) >= 11 is 3.60. The van der Waals surface area contributed by atoms with Gasteiger partial charge >= 0.3 is 0 Å². The number of rotatable bonds is 11. The summed E-state index contributed by atoms with van der Waals surface area (Å²) in [5.41, 5.74) is 1.79. The summed E-state index contributed by atoms with van der Waals surface area (Å²) in [6.07, 6.45) is 2.37. The van der Waals surface area contributed by atoms with E-state index in [-0.39, 0.29) is 23.5 Å². The van der Waals surface area contributed by atoms with Crippen LogP contribution in [0.25, 0.3) is 11.0 Å². The van der Waals surface area contributed by atoms with Crippen molar-refractivity contribution >= 4 is 45.1 Å². The van der Waals surface area contributed by atoms with Crippen LogP contribution in [0.5, 0.6) is 5.88 Å². The van der Waals surface area contributed by atoms with Gasteiger partial charge in [0.2, 0.25) is 15.9 Å². The van der Waals surface area contributed by atoms with Crippen molar-refractivity contribution in [3.8, 4) is 5.88 Å². The Kier molecular flexibility index (Phi) is 9.13. The third-order valence-corrected chi connectivity index (χ3v) is 10.1. The number of hydrogen-bond acceptors (Lipinski definition) is 6. The van der Waals surface area contributed by atoms with E-state index in [2.05, 4.69) is 40.3 Å². The number of fused-ring (bicyclic) bond motifs is 1. The number of aryl methyl sites for hydroxylation is 1. The van der Waals surface area contributed by atoms with E-state index in [9.17, 15) is 8.42 Å². The summed E-state index contributed by atoms with van der Waals surface area (Å²) in [6.45, 7) is 11.3. The predicted octanol–water partition coefficient (Wildman–Crippen LogP) is 5.18. The Bertz CT molecular complexity index is 1310. The van der Waals surface area contributed by atoms with Gasteiger partial charge in [-0.1, -0.05) is 37.3 Å². The first-order valence-corrected chi connectivity index (χ1v) is 18.5. The van der Waals surface area contributed by atoms with E-state index in [1.54, 1.807) is 24.3 Å². The Labute approximate surface area is 228 Å². The van der Waals surface area contributed by atoms with Crippen LogP contribution in [0.1, 0.15) is 12.0 Å². The Balaban J connectivity index is 1.44.